The predicted octanol–water partition coefficient (Wildman–Crippen LogP) is 2.75. The number of hydrogen-bond donors (Lipinski definition) is 1. The van der Waals surface area contributed by atoms with Crippen molar-refractivity contribution in [1.29, 1.82) is 0 Å². The summed E-state index contributed by atoms with van der Waals surface area (Å²) in [4.78, 5) is 2.39. The minimum absolute atomic E-state index is 0.148. The summed E-state index contributed by atoms with van der Waals surface area (Å²) >= 11 is 0. The molecule has 1 aromatic rings. The molecule has 0 bridgehead atoms. The Morgan fingerprint density at radius 2 is 2.14 bits per heavy atom. The Labute approximate surface area is 128 Å². The minimum Gasteiger partial charge on any atom is -0.496 e. The van der Waals surface area contributed by atoms with Gasteiger partial charge >= 0.3 is 0 Å². The van der Waals surface area contributed by atoms with Crippen molar-refractivity contribution in [3.63, 3.8) is 0 Å². The molecule has 0 aromatic heterocycles. The van der Waals surface area contributed by atoms with Gasteiger partial charge in [-0.1, -0.05) is 6.92 Å². The van der Waals surface area contributed by atoms with E-state index in [0.717, 1.165) is 30.0 Å². The maximum Gasteiger partial charge on any atom is 0.124 e. The Hall–Kier alpha value is -1.26. The van der Waals surface area contributed by atoms with E-state index in [2.05, 4.69) is 44.7 Å². The van der Waals surface area contributed by atoms with Gasteiger partial charge in [0.25, 0.3) is 0 Å². The van der Waals surface area contributed by atoms with Crippen LogP contribution in [0.25, 0.3) is 0 Å². The Bertz CT molecular complexity index is 488. The van der Waals surface area contributed by atoms with Crippen LogP contribution in [0.1, 0.15) is 44.9 Å². The lowest BCUT2D eigenvalue weighted by atomic mass is 9.99. The molecule has 118 valence electrons. The van der Waals surface area contributed by atoms with Gasteiger partial charge < -0.3 is 15.2 Å². The molecule has 4 heteroatoms. The van der Waals surface area contributed by atoms with E-state index < -0.39 is 0 Å². The van der Waals surface area contributed by atoms with Crippen molar-refractivity contribution in [2.45, 2.75) is 52.3 Å². The molecule has 0 amide bonds. The average molecular weight is 292 g/mol. The average Bonchev–Trinajstić information content (AvgIpc) is 2.81. The number of rotatable bonds is 6. The van der Waals surface area contributed by atoms with Crippen molar-refractivity contribution < 1.29 is 9.47 Å². The molecule has 1 aromatic carbocycles. The standard InChI is InChI=1S/C17H28N2O2/c1-6-19(11(2)3)15(10-18)14-9-16-13(7-12(4)21-16)8-17(14)20-5/h8-9,11-12,15H,6-7,10,18H2,1-5H3. The lowest BCUT2D eigenvalue weighted by Gasteiger charge is -2.34. The van der Waals surface area contributed by atoms with Crippen LogP contribution in [0, 0.1) is 0 Å². The van der Waals surface area contributed by atoms with Gasteiger partial charge in [-0.15, -0.1) is 0 Å². The Kier molecular flexibility index (Phi) is 5.12. The van der Waals surface area contributed by atoms with Gasteiger partial charge in [0.15, 0.2) is 0 Å². The van der Waals surface area contributed by atoms with Crippen molar-refractivity contribution in [3.05, 3.63) is 23.3 Å². The van der Waals surface area contributed by atoms with E-state index in [1.165, 1.54) is 5.56 Å². The highest BCUT2D eigenvalue weighted by Gasteiger charge is 2.27. The highest BCUT2D eigenvalue weighted by Crippen LogP contribution is 2.39. The second kappa shape index (κ2) is 6.67. The molecule has 0 radical (unpaired) electrons. The topological polar surface area (TPSA) is 47.7 Å². The summed E-state index contributed by atoms with van der Waals surface area (Å²) in [5.41, 5.74) is 8.43. The largest absolute Gasteiger partial charge is 0.496 e. The van der Waals surface area contributed by atoms with E-state index in [1.54, 1.807) is 7.11 Å². The third kappa shape index (κ3) is 3.16. The van der Waals surface area contributed by atoms with Gasteiger partial charge in [-0.25, -0.2) is 0 Å². The molecule has 2 rings (SSSR count). The molecule has 4 nitrogen and oxygen atoms in total. The van der Waals surface area contributed by atoms with E-state index >= 15 is 0 Å². The van der Waals surface area contributed by atoms with E-state index in [4.69, 9.17) is 15.2 Å². The number of methoxy groups -OCH3 is 1. The van der Waals surface area contributed by atoms with Crippen LogP contribution in [0.2, 0.25) is 0 Å². The van der Waals surface area contributed by atoms with E-state index in [9.17, 15) is 0 Å². The molecular formula is C17H28N2O2. The number of likely N-dealkylation sites (N-methyl/N-ethyl adjacent to an activating group) is 1. The summed E-state index contributed by atoms with van der Waals surface area (Å²) in [6.45, 7) is 10.2. The molecule has 1 heterocycles. The van der Waals surface area contributed by atoms with Crippen LogP contribution in [-0.2, 0) is 6.42 Å². The first-order chi connectivity index (χ1) is 10.0. The second-order valence-electron chi connectivity index (χ2n) is 6.01. The van der Waals surface area contributed by atoms with Gasteiger partial charge in [0.1, 0.15) is 17.6 Å². The zero-order valence-corrected chi connectivity index (χ0v) is 13.8. The van der Waals surface area contributed by atoms with E-state index in [1.807, 2.05) is 0 Å². The molecule has 0 aliphatic carbocycles. The summed E-state index contributed by atoms with van der Waals surface area (Å²) in [6, 6.07) is 4.82. The van der Waals surface area contributed by atoms with Gasteiger partial charge in [-0.2, -0.15) is 0 Å². The maximum absolute atomic E-state index is 6.08. The number of nitrogens with zero attached hydrogens (tertiary/aromatic N) is 1. The monoisotopic (exact) mass is 292 g/mol. The van der Waals surface area contributed by atoms with Crippen LogP contribution in [-0.4, -0.2) is 37.2 Å². The van der Waals surface area contributed by atoms with Crippen molar-refractivity contribution in [2.75, 3.05) is 20.2 Å². The first-order valence-corrected chi connectivity index (χ1v) is 7.85. The van der Waals surface area contributed by atoms with Crippen molar-refractivity contribution in [3.8, 4) is 11.5 Å². The van der Waals surface area contributed by atoms with Crippen LogP contribution < -0.4 is 15.2 Å². The third-order valence-corrected chi connectivity index (χ3v) is 4.26. The Morgan fingerprint density at radius 3 is 2.67 bits per heavy atom. The minimum atomic E-state index is 0.148. The van der Waals surface area contributed by atoms with Gasteiger partial charge in [0.2, 0.25) is 0 Å². The van der Waals surface area contributed by atoms with Crippen LogP contribution >= 0.6 is 0 Å². The van der Waals surface area contributed by atoms with Gasteiger partial charge in [-0.05, 0) is 39.4 Å². The summed E-state index contributed by atoms with van der Waals surface area (Å²) in [5, 5.41) is 0. The van der Waals surface area contributed by atoms with Crippen molar-refractivity contribution >= 4 is 0 Å². The quantitative estimate of drug-likeness (QED) is 0.876. The first kappa shape index (κ1) is 16.1. The summed E-state index contributed by atoms with van der Waals surface area (Å²) in [5.74, 6) is 1.90. The van der Waals surface area contributed by atoms with Gasteiger partial charge in [0, 0.05) is 30.1 Å². The first-order valence-electron chi connectivity index (χ1n) is 7.85. The zero-order valence-electron chi connectivity index (χ0n) is 13.8. The molecule has 0 spiro atoms. The fraction of sp³-hybridized carbons (Fsp3) is 0.647. The summed E-state index contributed by atoms with van der Waals surface area (Å²) in [7, 11) is 1.73. The number of benzene rings is 1. The highest BCUT2D eigenvalue weighted by atomic mass is 16.5. The molecule has 0 saturated heterocycles. The lowest BCUT2D eigenvalue weighted by Crippen LogP contribution is -2.38. The fourth-order valence-corrected chi connectivity index (χ4v) is 3.28. The molecule has 2 atom stereocenters. The Balaban J connectivity index is 2.43. The number of fused-ring (bicyclic) bond motifs is 1. The van der Waals surface area contributed by atoms with E-state index in [-0.39, 0.29) is 12.1 Å². The molecule has 1 aliphatic rings. The number of ether oxygens (including phenoxy) is 2. The summed E-state index contributed by atoms with van der Waals surface area (Å²) < 4.78 is 11.5. The molecule has 21 heavy (non-hydrogen) atoms. The van der Waals surface area contributed by atoms with Crippen LogP contribution in [0.4, 0.5) is 0 Å². The lowest BCUT2D eigenvalue weighted by molar-refractivity contribution is 0.163. The SMILES string of the molecule is CCN(C(C)C)C(CN)c1cc2c(cc1OC)CC(C)O2. The second-order valence-corrected chi connectivity index (χ2v) is 6.01. The maximum atomic E-state index is 6.08. The van der Waals surface area contributed by atoms with E-state index in [0.29, 0.717) is 12.6 Å². The number of nitrogens with two attached hydrogens (primary N) is 1. The highest BCUT2D eigenvalue weighted by molar-refractivity contribution is 5.50. The molecule has 2 N–H and O–H groups in total. The van der Waals surface area contributed by atoms with Gasteiger partial charge in [-0.3, -0.25) is 4.90 Å². The molecule has 0 fully saturated rings. The molecule has 2 unspecified atom stereocenters. The predicted molar refractivity (Wildman–Crippen MR) is 86.1 cm³/mol. The van der Waals surface area contributed by atoms with Gasteiger partial charge in [0.05, 0.1) is 13.2 Å². The number of hydrogen-bond acceptors (Lipinski definition) is 4. The normalized spacial score (nSPS) is 18.8. The third-order valence-electron chi connectivity index (χ3n) is 4.26. The fourth-order valence-electron chi connectivity index (χ4n) is 3.28. The molecule has 1 aliphatic heterocycles. The van der Waals surface area contributed by atoms with Crippen molar-refractivity contribution in [1.82, 2.24) is 4.90 Å². The molecular weight excluding hydrogens is 264 g/mol. The summed E-state index contributed by atoms with van der Waals surface area (Å²) in [6.07, 6.45) is 1.18. The van der Waals surface area contributed by atoms with Crippen LogP contribution in [0.5, 0.6) is 11.5 Å². The zero-order chi connectivity index (χ0) is 15.6. The van der Waals surface area contributed by atoms with Crippen molar-refractivity contribution in [2.24, 2.45) is 5.73 Å². The Morgan fingerprint density at radius 1 is 1.43 bits per heavy atom. The smallest absolute Gasteiger partial charge is 0.124 e. The van der Waals surface area contributed by atoms with Crippen LogP contribution in [0.15, 0.2) is 12.1 Å². The van der Waals surface area contributed by atoms with Crippen LogP contribution in [0.3, 0.4) is 0 Å². The molecule has 0 saturated carbocycles.